The van der Waals surface area contributed by atoms with Gasteiger partial charge in [0.15, 0.2) is 11.6 Å². The molecule has 3 nitrogen and oxygen atoms in total. The van der Waals surface area contributed by atoms with E-state index in [9.17, 15) is 13.6 Å². The Kier molecular flexibility index (Phi) is 5.45. The fourth-order valence-corrected chi connectivity index (χ4v) is 1.42. The van der Waals surface area contributed by atoms with Crippen LogP contribution in [0.2, 0.25) is 0 Å². The Morgan fingerprint density at radius 3 is 2.78 bits per heavy atom. The van der Waals surface area contributed by atoms with Crippen molar-refractivity contribution in [2.45, 2.75) is 6.54 Å². The summed E-state index contributed by atoms with van der Waals surface area (Å²) >= 11 is 0. The normalized spacial score (nSPS) is 10.2. The fourth-order valence-electron chi connectivity index (χ4n) is 1.42. The van der Waals surface area contributed by atoms with Crippen LogP contribution in [0.5, 0.6) is 0 Å². The standard InChI is InChI=1S/C13H16F2N2O/c1-3-6-16-8-13(18)17(2)9-10-4-5-11(14)12(15)7-10/h3-5,7,16H,1,6,8-9H2,2H3. The van der Waals surface area contributed by atoms with Gasteiger partial charge >= 0.3 is 0 Å². The topological polar surface area (TPSA) is 32.3 Å². The minimum atomic E-state index is -0.905. The molecule has 0 aliphatic carbocycles. The molecule has 0 aromatic heterocycles. The third-order valence-corrected chi connectivity index (χ3v) is 2.39. The zero-order chi connectivity index (χ0) is 13.5. The van der Waals surface area contributed by atoms with Crippen LogP contribution in [0.15, 0.2) is 30.9 Å². The highest BCUT2D eigenvalue weighted by atomic mass is 19.2. The summed E-state index contributed by atoms with van der Waals surface area (Å²) in [7, 11) is 1.61. The third-order valence-electron chi connectivity index (χ3n) is 2.39. The smallest absolute Gasteiger partial charge is 0.236 e. The lowest BCUT2D eigenvalue weighted by Crippen LogP contribution is -2.35. The fraction of sp³-hybridized carbons (Fsp3) is 0.308. The Morgan fingerprint density at radius 1 is 1.44 bits per heavy atom. The van der Waals surface area contributed by atoms with Gasteiger partial charge in [0.2, 0.25) is 5.91 Å². The van der Waals surface area contributed by atoms with Crippen LogP contribution in [0.25, 0.3) is 0 Å². The number of likely N-dealkylation sites (N-methyl/N-ethyl adjacent to an activating group) is 1. The molecule has 0 fully saturated rings. The number of nitrogens with zero attached hydrogens (tertiary/aromatic N) is 1. The van der Waals surface area contributed by atoms with Crippen LogP contribution in [0, 0.1) is 11.6 Å². The molecule has 1 N–H and O–H groups in total. The molecule has 0 radical (unpaired) electrons. The first-order valence-electron chi connectivity index (χ1n) is 5.54. The molecule has 0 aliphatic rings. The minimum absolute atomic E-state index is 0.124. The molecule has 5 heteroatoms. The lowest BCUT2D eigenvalue weighted by atomic mass is 10.2. The van der Waals surface area contributed by atoms with Gasteiger partial charge in [-0.1, -0.05) is 12.1 Å². The maximum atomic E-state index is 13.0. The van der Waals surface area contributed by atoms with Crippen molar-refractivity contribution >= 4 is 5.91 Å². The van der Waals surface area contributed by atoms with E-state index < -0.39 is 11.6 Å². The highest BCUT2D eigenvalue weighted by Gasteiger charge is 2.10. The molecule has 0 heterocycles. The van der Waals surface area contributed by atoms with Crippen molar-refractivity contribution in [1.82, 2.24) is 10.2 Å². The van der Waals surface area contributed by atoms with Crippen LogP contribution in [0.3, 0.4) is 0 Å². The summed E-state index contributed by atoms with van der Waals surface area (Å²) in [4.78, 5) is 13.1. The Morgan fingerprint density at radius 2 is 2.17 bits per heavy atom. The lowest BCUT2D eigenvalue weighted by Gasteiger charge is -2.17. The zero-order valence-electron chi connectivity index (χ0n) is 10.2. The SMILES string of the molecule is C=CCNCC(=O)N(C)Cc1ccc(F)c(F)c1. The summed E-state index contributed by atoms with van der Waals surface area (Å²) in [6, 6.07) is 3.61. The number of benzene rings is 1. The van der Waals surface area contributed by atoms with Crippen molar-refractivity contribution in [2.24, 2.45) is 0 Å². The molecule has 0 spiro atoms. The van der Waals surface area contributed by atoms with Crippen LogP contribution < -0.4 is 5.32 Å². The van der Waals surface area contributed by atoms with E-state index in [1.165, 1.54) is 11.0 Å². The van der Waals surface area contributed by atoms with Crippen molar-refractivity contribution in [3.05, 3.63) is 48.1 Å². The summed E-state index contributed by atoms with van der Waals surface area (Å²) in [5, 5.41) is 2.88. The van der Waals surface area contributed by atoms with E-state index in [1.807, 2.05) is 0 Å². The van der Waals surface area contributed by atoms with Gasteiger partial charge in [-0.25, -0.2) is 8.78 Å². The van der Waals surface area contributed by atoms with Crippen molar-refractivity contribution < 1.29 is 13.6 Å². The molecule has 18 heavy (non-hydrogen) atoms. The predicted molar refractivity (Wildman–Crippen MR) is 65.9 cm³/mol. The number of halogens is 2. The molecule has 0 saturated heterocycles. The molecular weight excluding hydrogens is 238 g/mol. The predicted octanol–water partition coefficient (Wildman–Crippen LogP) is 1.70. The van der Waals surface area contributed by atoms with Crippen molar-refractivity contribution in [3.63, 3.8) is 0 Å². The minimum Gasteiger partial charge on any atom is -0.340 e. The molecule has 0 bridgehead atoms. The van der Waals surface area contributed by atoms with Gasteiger partial charge in [0.25, 0.3) is 0 Å². The number of hydrogen-bond donors (Lipinski definition) is 1. The summed E-state index contributed by atoms with van der Waals surface area (Å²) in [5.41, 5.74) is 0.550. The zero-order valence-corrected chi connectivity index (χ0v) is 10.2. The van der Waals surface area contributed by atoms with E-state index in [0.29, 0.717) is 12.1 Å². The van der Waals surface area contributed by atoms with Gasteiger partial charge in [-0.3, -0.25) is 4.79 Å². The van der Waals surface area contributed by atoms with E-state index >= 15 is 0 Å². The van der Waals surface area contributed by atoms with E-state index in [2.05, 4.69) is 11.9 Å². The molecule has 1 amide bonds. The summed E-state index contributed by atoms with van der Waals surface area (Å²) < 4.78 is 25.7. The van der Waals surface area contributed by atoms with Crippen LogP contribution in [0.1, 0.15) is 5.56 Å². The van der Waals surface area contributed by atoms with Gasteiger partial charge in [-0.2, -0.15) is 0 Å². The molecule has 0 atom stereocenters. The third kappa shape index (κ3) is 4.25. The average Bonchev–Trinajstić information content (AvgIpc) is 2.34. The number of carbonyl (C=O) groups excluding carboxylic acids is 1. The first kappa shape index (κ1) is 14.3. The Labute approximate surface area is 105 Å². The van der Waals surface area contributed by atoms with E-state index in [0.717, 1.165) is 12.1 Å². The van der Waals surface area contributed by atoms with Crippen molar-refractivity contribution in [3.8, 4) is 0 Å². The van der Waals surface area contributed by atoms with Crippen molar-refractivity contribution in [2.75, 3.05) is 20.1 Å². The van der Waals surface area contributed by atoms with Crippen LogP contribution in [-0.2, 0) is 11.3 Å². The molecule has 1 aromatic rings. The summed E-state index contributed by atoms with van der Waals surface area (Å²) in [6.45, 7) is 4.50. The second kappa shape index (κ2) is 6.86. The summed E-state index contributed by atoms with van der Waals surface area (Å²) in [6.07, 6.45) is 1.66. The number of hydrogen-bond acceptors (Lipinski definition) is 2. The Hall–Kier alpha value is -1.75. The van der Waals surface area contributed by atoms with Gasteiger partial charge in [0, 0.05) is 20.1 Å². The van der Waals surface area contributed by atoms with Gasteiger partial charge in [-0.15, -0.1) is 6.58 Å². The molecule has 1 rings (SSSR count). The maximum Gasteiger partial charge on any atom is 0.236 e. The number of rotatable bonds is 6. The molecule has 1 aromatic carbocycles. The maximum absolute atomic E-state index is 13.0. The quantitative estimate of drug-likeness (QED) is 0.619. The van der Waals surface area contributed by atoms with Gasteiger partial charge in [-0.05, 0) is 17.7 Å². The van der Waals surface area contributed by atoms with E-state index in [4.69, 9.17) is 0 Å². The summed E-state index contributed by atoms with van der Waals surface area (Å²) in [5.74, 6) is -1.92. The van der Waals surface area contributed by atoms with Crippen molar-refractivity contribution in [1.29, 1.82) is 0 Å². The van der Waals surface area contributed by atoms with Crippen LogP contribution >= 0.6 is 0 Å². The van der Waals surface area contributed by atoms with Gasteiger partial charge in [0.1, 0.15) is 0 Å². The lowest BCUT2D eigenvalue weighted by molar-refractivity contribution is -0.129. The highest BCUT2D eigenvalue weighted by Crippen LogP contribution is 2.10. The van der Waals surface area contributed by atoms with Gasteiger partial charge < -0.3 is 10.2 Å². The van der Waals surface area contributed by atoms with Gasteiger partial charge in [0.05, 0.1) is 6.54 Å². The number of carbonyl (C=O) groups is 1. The largest absolute Gasteiger partial charge is 0.340 e. The first-order valence-corrected chi connectivity index (χ1v) is 5.54. The molecule has 0 saturated carbocycles. The number of amides is 1. The Bertz CT molecular complexity index is 435. The first-order chi connectivity index (χ1) is 8.54. The highest BCUT2D eigenvalue weighted by molar-refractivity contribution is 5.77. The molecule has 0 aliphatic heterocycles. The van der Waals surface area contributed by atoms with E-state index in [-0.39, 0.29) is 19.0 Å². The number of nitrogens with one attached hydrogen (secondary N) is 1. The second-order valence-corrected chi connectivity index (χ2v) is 3.92. The molecule has 0 unspecified atom stereocenters. The average molecular weight is 254 g/mol. The monoisotopic (exact) mass is 254 g/mol. The molecule has 98 valence electrons. The van der Waals surface area contributed by atoms with Crippen LogP contribution in [-0.4, -0.2) is 30.9 Å². The molecular formula is C13H16F2N2O. The second-order valence-electron chi connectivity index (χ2n) is 3.92. The van der Waals surface area contributed by atoms with Crippen LogP contribution in [0.4, 0.5) is 8.78 Å². The Balaban J connectivity index is 2.52. The van der Waals surface area contributed by atoms with E-state index in [1.54, 1.807) is 13.1 Å².